The van der Waals surface area contributed by atoms with E-state index in [1.54, 1.807) is 38.5 Å². The van der Waals surface area contributed by atoms with Crippen LogP contribution in [0.4, 0.5) is 0 Å². The standard InChI is InChI=1S/C17H17Cl2NO3/c1-10(13-9-12(22-2)5-7-16(13)23-3)20-17(21)11-4-6-14(18)15(19)8-11/h4-10H,1-3H3,(H,20,21)/t10-/m1/s1. The second kappa shape index (κ2) is 7.57. The monoisotopic (exact) mass is 353 g/mol. The summed E-state index contributed by atoms with van der Waals surface area (Å²) in [5.41, 5.74) is 1.26. The molecule has 0 aliphatic rings. The summed E-state index contributed by atoms with van der Waals surface area (Å²) >= 11 is 11.8. The third-order valence-corrected chi connectivity index (χ3v) is 4.17. The highest BCUT2D eigenvalue weighted by Crippen LogP contribution is 2.29. The van der Waals surface area contributed by atoms with Gasteiger partial charge in [-0.05, 0) is 43.3 Å². The number of halogens is 2. The molecule has 1 amide bonds. The maximum absolute atomic E-state index is 12.4. The molecule has 0 saturated carbocycles. The number of carbonyl (C=O) groups excluding carboxylic acids is 1. The van der Waals surface area contributed by atoms with Crippen LogP contribution in [0.1, 0.15) is 28.9 Å². The van der Waals surface area contributed by atoms with Gasteiger partial charge in [0.05, 0.1) is 30.3 Å². The smallest absolute Gasteiger partial charge is 0.251 e. The molecule has 2 aromatic rings. The molecule has 0 fully saturated rings. The number of ether oxygens (including phenoxy) is 2. The Bertz CT molecular complexity index is 719. The normalized spacial score (nSPS) is 11.7. The first-order valence-corrected chi connectivity index (χ1v) is 7.69. The zero-order chi connectivity index (χ0) is 17.0. The summed E-state index contributed by atoms with van der Waals surface area (Å²) in [5, 5.41) is 3.66. The summed E-state index contributed by atoms with van der Waals surface area (Å²) in [6, 6.07) is 9.91. The number of hydrogen-bond donors (Lipinski definition) is 1. The van der Waals surface area contributed by atoms with E-state index < -0.39 is 0 Å². The second-order valence-corrected chi connectivity index (χ2v) is 5.75. The summed E-state index contributed by atoms with van der Waals surface area (Å²) in [5.74, 6) is 1.12. The third-order valence-electron chi connectivity index (χ3n) is 3.43. The average Bonchev–Trinajstić information content (AvgIpc) is 2.56. The van der Waals surface area contributed by atoms with Crippen molar-refractivity contribution in [3.05, 3.63) is 57.6 Å². The molecule has 122 valence electrons. The van der Waals surface area contributed by atoms with Crippen molar-refractivity contribution in [2.24, 2.45) is 0 Å². The Labute approximate surface area is 145 Å². The van der Waals surface area contributed by atoms with E-state index in [1.807, 2.05) is 13.0 Å². The lowest BCUT2D eigenvalue weighted by Crippen LogP contribution is -2.27. The molecule has 4 nitrogen and oxygen atoms in total. The van der Waals surface area contributed by atoms with E-state index in [9.17, 15) is 4.79 Å². The number of methoxy groups -OCH3 is 2. The molecule has 2 aromatic carbocycles. The zero-order valence-corrected chi connectivity index (χ0v) is 14.5. The predicted octanol–water partition coefficient (Wildman–Crippen LogP) is 4.50. The molecular formula is C17H17Cl2NO3. The van der Waals surface area contributed by atoms with Crippen LogP contribution in [0.3, 0.4) is 0 Å². The molecular weight excluding hydrogens is 337 g/mol. The van der Waals surface area contributed by atoms with Gasteiger partial charge < -0.3 is 14.8 Å². The van der Waals surface area contributed by atoms with Crippen LogP contribution >= 0.6 is 23.2 Å². The van der Waals surface area contributed by atoms with Gasteiger partial charge in [0.1, 0.15) is 11.5 Å². The zero-order valence-electron chi connectivity index (χ0n) is 13.0. The van der Waals surface area contributed by atoms with Crippen LogP contribution in [0.25, 0.3) is 0 Å². The lowest BCUT2D eigenvalue weighted by Gasteiger charge is -2.18. The quantitative estimate of drug-likeness (QED) is 0.860. The molecule has 0 spiro atoms. The molecule has 0 aromatic heterocycles. The Balaban J connectivity index is 2.22. The van der Waals surface area contributed by atoms with Crippen LogP contribution in [-0.2, 0) is 0 Å². The van der Waals surface area contributed by atoms with Gasteiger partial charge in [-0.25, -0.2) is 0 Å². The molecule has 2 rings (SSSR count). The van der Waals surface area contributed by atoms with Crippen LogP contribution in [0.15, 0.2) is 36.4 Å². The molecule has 1 N–H and O–H groups in total. The van der Waals surface area contributed by atoms with E-state index in [1.165, 1.54) is 6.07 Å². The Morgan fingerprint density at radius 1 is 1.04 bits per heavy atom. The van der Waals surface area contributed by atoms with Gasteiger partial charge in [0.15, 0.2) is 0 Å². The van der Waals surface area contributed by atoms with Crippen molar-refractivity contribution in [2.45, 2.75) is 13.0 Å². The van der Waals surface area contributed by atoms with Crippen LogP contribution in [0.2, 0.25) is 10.0 Å². The fraction of sp³-hybridized carbons (Fsp3) is 0.235. The lowest BCUT2D eigenvalue weighted by molar-refractivity contribution is 0.0939. The number of nitrogens with one attached hydrogen (secondary N) is 1. The van der Waals surface area contributed by atoms with Crippen molar-refractivity contribution >= 4 is 29.1 Å². The van der Waals surface area contributed by atoms with Gasteiger partial charge >= 0.3 is 0 Å². The Morgan fingerprint density at radius 3 is 2.39 bits per heavy atom. The SMILES string of the molecule is COc1ccc(OC)c([C@@H](C)NC(=O)c2ccc(Cl)c(Cl)c2)c1. The van der Waals surface area contributed by atoms with Crippen molar-refractivity contribution in [3.8, 4) is 11.5 Å². The first-order chi connectivity index (χ1) is 11.0. The fourth-order valence-corrected chi connectivity index (χ4v) is 2.47. The summed E-state index contributed by atoms with van der Waals surface area (Å²) in [4.78, 5) is 12.4. The molecule has 0 unspecified atom stereocenters. The largest absolute Gasteiger partial charge is 0.497 e. The van der Waals surface area contributed by atoms with E-state index in [0.29, 0.717) is 27.1 Å². The number of rotatable bonds is 5. The van der Waals surface area contributed by atoms with E-state index in [0.717, 1.165) is 5.56 Å². The highest BCUT2D eigenvalue weighted by molar-refractivity contribution is 6.42. The molecule has 0 bridgehead atoms. The number of benzene rings is 2. The van der Waals surface area contributed by atoms with Crippen molar-refractivity contribution < 1.29 is 14.3 Å². The van der Waals surface area contributed by atoms with Gasteiger partial charge in [0, 0.05) is 11.1 Å². The summed E-state index contributed by atoms with van der Waals surface area (Å²) in [7, 11) is 3.17. The molecule has 0 radical (unpaired) electrons. The van der Waals surface area contributed by atoms with E-state index in [4.69, 9.17) is 32.7 Å². The van der Waals surface area contributed by atoms with Gasteiger partial charge in [-0.2, -0.15) is 0 Å². The summed E-state index contributed by atoms with van der Waals surface area (Å²) in [6.45, 7) is 1.87. The van der Waals surface area contributed by atoms with E-state index in [2.05, 4.69) is 5.32 Å². The number of carbonyl (C=O) groups is 1. The molecule has 1 atom stereocenters. The summed E-state index contributed by atoms with van der Waals surface area (Å²) in [6.07, 6.45) is 0. The lowest BCUT2D eigenvalue weighted by atomic mass is 10.1. The third kappa shape index (κ3) is 4.09. The molecule has 0 heterocycles. The minimum absolute atomic E-state index is 0.249. The van der Waals surface area contributed by atoms with Crippen LogP contribution in [-0.4, -0.2) is 20.1 Å². The van der Waals surface area contributed by atoms with Gasteiger partial charge in [0.2, 0.25) is 0 Å². The Kier molecular flexibility index (Phi) is 5.74. The first-order valence-electron chi connectivity index (χ1n) is 6.94. The number of hydrogen-bond acceptors (Lipinski definition) is 3. The maximum atomic E-state index is 12.4. The number of amides is 1. The highest BCUT2D eigenvalue weighted by atomic mass is 35.5. The molecule has 23 heavy (non-hydrogen) atoms. The van der Waals surface area contributed by atoms with Crippen molar-refractivity contribution in [3.63, 3.8) is 0 Å². The van der Waals surface area contributed by atoms with E-state index in [-0.39, 0.29) is 11.9 Å². The molecule has 0 aliphatic carbocycles. The van der Waals surface area contributed by atoms with Gasteiger partial charge in [0.25, 0.3) is 5.91 Å². The Morgan fingerprint density at radius 2 is 1.78 bits per heavy atom. The van der Waals surface area contributed by atoms with Gasteiger partial charge in [-0.1, -0.05) is 23.2 Å². The Hall–Kier alpha value is -1.91. The van der Waals surface area contributed by atoms with Gasteiger partial charge in [-0.3, -0.25) is 4.79 Å². The van der Waals surface area contributed by atoms with Crippen molar-refractivity contribution in [2.75, 3.05) is 14.2 Å². The second-order valence-electron chi connectivity index (χ2n) is 4.93. The van der Waals surface area contributed by atoms with Crippen LogP contribution < -0.4 is 14.8 Å². The summed E-state index contributed by atoms with van der Waals surface area (Å²) < 4.78 is 10.6. The fourth-order valence-electron chi connectivity index (χ4n) is 2.17. The minimum atomic E-state index is -0.276. The van der Waals surface area contributed by atoms with E-state index >= 15 is 0 Å². The van der Waals surface area contributed by atoms with Gasteiger partial charge in [-0.15, -0.1) is 0 Å². The highest BCUT2D eigenvalue weighted by Gasteiger charge is 2.16. The molecule has 0 aliphatic heterocycles. The predicted molar refractivity (Wildman–Crippen MR) is 91.9 cm³/mol. The molecule has 0 saturated heterocycles. The van der Waals surface area contributed by atoms with Crippen molar-refractivity contribution in [1.82, 2.24) is 5.32 Å². The topological polar surface area (TPSA) is 47.6 Å². The van der Waals surface area contributed by atoms with Crippen LogP contribution in [0.5, 0.6) is 11.5 Å². The van der Waals surface area contributed by atoms with Crippen molar-refractivity contribution in [1.29, 1.82) is 0 Å². The molecule has 6 heteroatoms. The average molecular weight is 354 g/mol. The first kappa shape index (κ1) is 17.4. The minimum Gasteiger partial charge on any atom is -0.497 e. The van der Waals surface area contributed by atoms with Crippen LogP contribution in [0, 0.1) is 0 Å². The maximum Gasteiger partial charge on any atom is 0.251 e.